The van der Waals surface area contributed by atoms with Gasteiger partial charge in [0.05, 0.1) is 7.11 Å². The maximum absolute atomic E-state index is 11.1. The first-order chi connectivity index (χ1) is 7.54. The molecular weight excluding hydrogens is 214 g/mol. The molecule has 0 spiro atoms. The van der Waals surface area contributed by atoms with Gasteiger partial charge in [0.15, 0.2) is 0 Å². The molecule has 0 aliphatic heterocycles. The maximum atomic E-state index is 11.1. The monoisotopic (exact) mass is 225 g/mol. The number of hydrogen-bond donors (Lipinski definition) is 2. The predicted molar refractivity (Wildman–Crippen MR) is 54.1 cm³/mol. The summed E-state index contributed by atoms with van der Waals surface area (Å²) in [5, 5.41) is 11.3. The van der Waals surface area contributed by atoms with Crippen molar-refractivity contribution < 1.29 is 19.4 Å². The summed E-state index contributed by atoms with van der Waals surface area (Å²) < 4.78 is 4.44. The molecule has 0 aliphatic rings. The van der Waals surface area contributed by atoms with Gasteiger partial charge in [-0.25, -0.2) is 14.8 Å². The number of hydrogen-bond acceptors (Lipinski definition) is 6. The number of carbonyl (C=O) groups excluding carboxylic acids is 1. The molecule has 0 aromatic carbocycles. The van der Waals surface area contributed by atoms with Crippen molar-refractivity contribution in [2.75, 3.05) is 12.4 Å². The number of nitrogens with zero attached hydrogens (tertiary/aromatic N) is 2. The Hall–Kier alpha value is -2.18. The lowest BCUT2D eigenvalue weighted by Crippen LogP contribution is -2.26. The Morgan fingerprint density at radius 3 is 2.81 bits per heavy atom. The Labute approximate surface area is 91.5 Å². The van der Waals surface area contributed by atoms with E-state index in [0.29, 0.717) is 0 Å². The topological polar surface area (TPSA) is 101 Å². The summed E-state index contributed by atoms with van der Waals surface area (Å²) in [6, 6.07) is 0.659. The van der Waals surface area contributed by atoms with E-state index in [-0.39, 0.29) is 11.6 Å². The molecule has 0 saturated carbocycles. The van der Waals surface area contributed by atoms with Crippen molar-refractivity contribution in [3.63, 3.8) is 0 Å². The van der Waals surface area contributed by atoms with Gasteiger partial charge in [-0.3, -0.25) is 4.79 Å². The lowest BCUT2D eigenvalue weighted by Gasteiger charge is -2.09. The highest BCUT2D eigenvalue weighted by Gasteiger charge is 2.13. The molecule has 0 radical (unpaired) electrons. The summed E-state index contributed by atoms with van der Waals surface area (Å²) in [5.41, 5.74) is 0. The van der Waals surface area contributed by atoms with E-state index in [4.69, 9.17) is 5.11 Å². The van der Waals surface area contributed by atoms with E-state index in [1.807, 2.05) is 0 Å². The van der Waals surface area contributed by atoms with Crippen molar-refractivity contribution in [1.29, 1.82) is 0 Å². The third kappa shape index (κ3) is 2.91. The molecule has 1 aromatic rings. The van der Waals surface area contributed by atoms with Gasteiger partial charge in [0, 0.05) is 6.20 Å². The zero-order valence-electron chi connectivity index (χ0n) is 8.80. The molecule has 1 unspecified atom stereocenters. The number of anilines is 1. The number of ether oxygens (including phenoxy) is 1. The van der Waals surface area contributed by atoms with Crippen LogP contribution < -0.4 is 5.32 Å². The minimum atomic E-state index is -1.02. The van der Waals surface area contributed by atoms with E-state index in [1.165, 1.54) is 26.3 Å². The van der Waals surface area contributed by atoms with Crippen molar-refractivity contribution in [2.45, 2.75) is 13.0 Å². The van der Waals surface area contributed by atoms with E-state index in [9.17, 15) is 9.59 Å². The molecule has 1 aromatic heterocycles. The summed E-state index contributed by atoms with van der Waals surface area (Å²) in [6.45, 7) is 1.46. The van der Waals surface area contributed by atoms with Crippen LogP contribution in [0.4, 0.5) is 5.82 Å². The third-order valence-electron chi connectivity index (χ3n) is 1.76. The number of methoxy groups -OCH3 is 1. The highest BCUT2D eigenvalue weighted by Crippen LogP contribution is 2.04. The van der Waals surface area contributed by atoms with Gasteiger partial charge in [-0.15, -0.1) is 0 Å². The molecule has 7 nitrogen and oxygen atoms in total. The molecule has 0 aliphatic carbocycles. The maximum Gasteiger partial charge on any atom is 0.376 e. The SMILES string of the molecule is COC(=O)c1nccc(NC(C)C(=O)O)n1. The average Bonchev–Trinajstić information content (AvgIpc) is 2.28. The van der Waals surface area contributed by atoms with Crippen molar-refractivity contribution in [1.82, 2.24) is 9.97 Å². The first-order valence-corrected chi connectivity index (χ1v) is 4.45. The van der Waals surface area contributed by atoms with Crippen molar-refractivity contribution in [3.8, 4) is 0 Å². The van der Waals surface area contributed by atoms with Gasteiger partial charge in [0.1, 0.15) is 11.9 Å². The molecule has 2 N–H and O–H groups in total. The van der Waals surface area contributed by atoms with Crippen molar-refractivity contribution in [2.24, 2.45) is 0 Å². The molecule has 86 valence electrons. The number of carboxylic acids is 1. The van der Waals surface area contributed by atoms with Crippen LogP contribution in [0.5, 0.6) is 0 Å². The van der Waals surface area contributed by atoms with Crippen LogP contribution in [0, 0.1) is 0 Å². The lowest BCUT2D eigenvalue weighted by atomic mass is 10.3. The third-order valence-corrected chi connectivity index (χ3v) is 1.76. The van der Waals surface area contributed by atoms with Crippen molar-refractivity contribution in [3.05, 3.63) is 18.1 Å². The van der Waals surface area contributed by atoms with E-state index < -0.39 is 18.0 Å². The van der Waals surface area contributed by atoms with Gasteiger partial charge in [-0.2, -0.15) is 0 Å². The fourth-order valence-electron chi connectivity index (χ4n) is 0.912. The Morgan fingerprint density at radius 1 is 1.56 bits per heavy atom. The molecule has 1 rings (SSSR count). The van der Waals surface area contributed by atoms with E-state index in [0.717, 1.165) is 0 Å². The summed E-state index contributed by atoms with van der Waals surface area (Å²) in [7, 11) is 1.21. The van der Waals surface area contributed by atoms with Crippen LogP contribution in [0.25, 0.3) is 0 Å². The molecule has 0 fully saturated rings. The lowest BCUT2D eigenvalue weighted by molar-refractivity contribution is -0.137. The number of aliphatic carboxylic acids is 1. The van der Waals surface area contributed by atoms with Gasteiger partial charge in [-0.05, 0) is 13.0 Å². The van der Waals surface area contributed by atoms with E-state index in [2.05, 4.69) is 20.0 Å². The second-order valence-electron chi connectivity index (χ2n) is 2.96. The van der Waals surface area contributed by atoms with Gasteiger partial charge in [-0.1, -0.05) is 0 Å². The van der Waals surface area contributed by atoms with E-state index >= 15 is 0 Å². The highest BCUT2D eigenvalue weighted by atomic mass is 16.5. The Morgan fingerprint density at radius 2 is 2.25 bits per heavy atom. The highest BCUT2D eigenvalue weighted by molar-refractivity contribution is 5.85. The fourth-order valence-corrected chi connectivity index (χ4v) is 0.912. The molecule has 0 amide bonds. The summed E-state index contributed by atoms with van der Waals surface area (Å²) >= 11 is 0. The molecule has 7 heteroatoms. The molecule has 1 atom stereocenters. The molecule has 0 bridgehead atoms. The smallest absolute Gasteiger partial charge is 0.376 e. The van der Waals surface area contributed by atoms with Gasteiger partial charge in [0.2, 0.25) is 5.82 Å². The number of nitrogens with one attached hydrogen (secondary N) is 1. The molecular formula is C9H11N3O4. The average molecular weight is 225 g/mol. The van der Waals surface area contributed by atoms with Crippen LogP contribution in [0.15, 0.2) is 12.3 Å². The Balaban J connectivity index is 2.82. The number of carboxylic acid groups (broad SMARTS) is 1. The zero-order valence-corrected chi connectivity index (χ0v) is 8.80. The standard InChI is InChI=1S/C9H11N3O4/c1-5(8(13)14)11-6-3-4-10-7(12-6)9(15)16-2/h3-5H,1-2H3,(H,13,14)(H,10,11,12). The minimum absolute atomic E-state index is 0.120. The predicted octanol–water partition coefficient (Wildman–Crippen LogP) is 0.148. The first kappa shape index (κ1) is 11.9. The fraction of sp³-hybridized carbons (Fsp3) is 0.333. The normalized spacial score (nSPS) is 11.6. The van der Waals surface area contributed by atoms with E-state index in [1.54, 1.807) is 0 Å². The number of rotatable bonds is 4. The first-order valence-electron chi connectivity index (χ1n) is 4.45. The zero-order chi connectivity index (χ0) is 12.1. The largest absolute Gasteiger partial charge is 0.480 e. The number of aromatic nitrogens is 2. The summed E-state index contributed by atoms with van der Waals surface area (Å²) in [6.07, 6.45) is 1.34. The van der Waals surface area contributed by atoms with Crippen LogP contribution in [0.1, 0.15) is 17.5 Å². The Kier molecular flexibility index (Phi) is 3.76. The molecule has 1 heterocycles. The van der Waals surface area contributed by atoms with Crippen LogP contribution in [0.3, 0.4) is 0 Å². The second kappa shape index (κ2) is 5.06. The van der Waals surface area contributed by atoms with Gasteiger partial charge in [0.25, 0.3) is 0 Å². The molecule has 0 saturated heterocycles. The molecule has 16 heavy (non-hydrogen) atoms. The van der Waals surface area contributed by atoms with Crippen LogP contribution in [-0.4, -0.2) is 40.2 Å². The Bertz CT molecular complexity index is 407. The number of carbonyl (C=O) groups is 2. The quantitative estimate of drug-likeness (QED) is 0.703. The van der Waals surface area contributed by atoms with Crippen LogP contribution in [-0.2, 0) is 9.53 Å². The van der Waals surface area contributed by atoms with Crippen LogP contribution >= 0.6 is 0 Å². The minimum Gasteiger partial charge on any atom is -0.480 e. The van der Waals surface area contributed by atoms with Gasteiger partial charge < -0.3 is 15.2 Å². The second-order valence-corrected chi connectivity index (χ2v) is 2.96. The summed E-state index contributed by atoms with van der Waals surface area (Å²) in [4.78, 5) is 29.2. The van der Waals surface area contributed by atoms with Crippen molar-refractivity contribution >= 4 is 17.8 Å². The van der Waals surface area contributed by atoms with Gasteiger partial charge >= 0.3 is 11.9 Å². The van der Waals surface area contributed by atoms with Crippen LogP contribution in [0.2, 0.25) is 0 Å². The number of esters is 1. The summed E-state index contributed by atoms with van der Waals surface area (Å²) in [5.74, 6) is -1.56.